The van der Waals surface area contributed by atoms with Crippen molar-refractivity contribution >= 4 is 23.2 Å². The molecule has 2 heterocycles. The summed E-state index contributed by atoms with van der Waals surface area (Å²) in [4.78, 5) is 28.2. The van der Waals surface area contributed by atoms with E-state index in [9.17, 15) is 14.7 Å². The summed E-state index contributed by atoms with van der Waals surface area (Å²) in [5.74, 6) is -1.42. The van der Waals surface area contributed by atoms with Crippen LogP contribution in [-0.4, -0.2) is 40.7 Å². The van der Waals surface area contributed by atoms with E-state index in [0.29, 0.717) is 12.3 Å². The second-order valence-electron chi connectivity index (χ2n) is 6.11. The predicted molar refractivity (Wildman–Crippen MR) is 94.6 cm³/mol. The number of aromatic nitrogens is 1. The number of carboxylic acid groups (broad SMARTS) is 1. The molecule has 1 aromatic carbocycles. The molecule has 1 atom stereocenters. The van der Waals surface area contributed by atoms with E-state index in [1.54, 1.807) is 0 Å². The van der Waals surface area contributed by atoms with Gasteiger partial charge < -0.3 is 15.2 Å². The lowest BCUT2D eigenvalue weighted by molar-refractivity contribution is -0.147. The standard InChI is InChI=1S/C18H20N2O4S/c1-2-12-3-5-13(6-4-12)16-19-14(10-25-16)9-15(21)20-18(17(22)23)7-8-24-11-18/h3-6,10H,2,7-9,11H2,1H3,(H,20,21)(H,22,23). The van der Waals surface area contributed by atoms with Gasteiger partial charge in [-0.3, -0.25) is 4.79 Å². The maximum Gasteiger partial charge on any atom is 0.331 e. The van der Waals surface area contributed by atoms with Crippen molar-refractivity contribution in [2.24, 2.45) is 0 Å². The second-order valence-corrected chi connectivity index (χ2v) is 6.97. The molecule has 1 amide bonds. The molecule has 7 heteroatoms. The molecule has 3 rings (SSSR count). The van der Waals surface area contributed by atoms with E-state index in [-0.39, 0.29) is 25.4 Å². The van der Waals surface area contributed by atoms with E-state index < -0.39 is 11.5 Å². The van der Waals surface area contributed by atoms with Crippen molar-refractivity contribution in [1.82, 2.24) is 10.3 Å². The molecular weight excluding hydrogens is 340 g/mol. The van der Waals surface area contributed by atoms with Gasteiger partial charge in [0.25, 0.3) is 0 Å². The van der Waals surface area contributed by atoms with Crippen LogP contribution in [0.4, 0.5) is 0 Å². The molecule has 1 fully saturated rings. The van der Waals surface area contributed by atoms with Gasteiger partial charge in [-0.25, -0.2) is 9.78 Å². The molecule has 25 heavy (non-hydrogen) atoms. The monoisotopic (exact) mass is 360 g/mol. The maximum atomic E-state index is 12.2. The molecule has 1 aliphatic rings. The number of hydrogen-bond donors (Lipinski definition) is 2. The van der Waals surface area contributed by atoms with Crippen LogP contribution in [-0.2, 0) is 27.2 Å². The summed E-state index contributed by atoms with van der Waals surface area (Å²) in [6.07, 6.45) is 1.32. The number of aryl methyl sites for hydroxylation is 1. The molecule has 1 aliphatic heterocycles. The summed E-state index contributed by atoms with van der Waals surface area (Å²) in [5, 5.41) is 14.7. The van der Waals surface area contributed by atoms with Gasteiger partial charge in [-0.15, -0.1) is 11.3 Å². The third-order valence-corrected chi connectivity index (χ3v) is 5.25. The number of aliphatic carboxylic acids is 1. The lowest BCUT2D eigenvalue weighted by atomic mass is 9.99. The van der Waals surface area contributed by atoms with Crippen molar-refractivity contribution in [1.29, 1.82) is 0 Å². The van der Waals surface area contributed by atoms with Gasteiger partial charge in [0.15, 0.2) is 5.54 Å². The Morgan fingerprint density at radius 2 is 2.12 bits per heavy atom. The lowest BCUT2D eigenvalue weighted by Gasteiger charge is -2.23. The highest BCUT2D eigenvalue weighted by atomic mass is 32.1. The Labute approximate surface area is 149 Å². The van der Waals surface area contributed by atoms with Crippen LogP contribution in [0.5, 0.6) is 0 Å². The van der Waals surface area contributed by atoms with Crippen LogP contribution < -0.4 is 5.32 Å². The van der Waals surface area contributed by atoms with Gasteiger partial charge in [0.2, 0.25) is 5.91 Å². The topological polar surface area (TPSA) is 88.5 Å². The summed E-state index contributed by atoms with van der Waals surface area (Å²) in [6.45, 7) is 2.44. The number of hydrogen-bond acceptors (Lipinski definition) is 5. The maximum absolute atomic E-state index is 12.2. The molecule has 0 saturated carbocycles. The number of carbonyl (C=O) groups is 2. The normalized spacial score (nSPS) is 19.7. The predicted octanol–water partition coefficient (Wildman–Crippen LogP) is 2.27. The highest BCUT2D eigenvalue weighted by Crippen LogP contribution is 2.25. The van der Waals surface area contributed by atoms with E-state index in [2.05, 4.69) is 29.4 Å². The zero-order chi connectivity index (χ0) is 17.9. The van der Waals surface area contributed by atoms with Crippen LogP contribution in [0.3, 0.4) is 0 Å². The molecule has 1 unspecified atom stereocenters. The first-order chi connectivity index (χ1) is 12.0. The Morgan fingerprint density at radius 1 is 1.36 bits per heavy atom. The number of rotatable bonds is 6. The summed E-state index contributed by atoms with van der Waals surface area (Å²) in [7, 11) is 0. The van der Waals surface area contributed by atoms with Crippen LogP contribution in [0.1, 0.15) is 24.6 Å². The number of nitrogens with zero attached hydrogens (tertiary/aromatic N) is 1. The third-order valence-electron chi connectivity index (χ3n) is 4.31. The fourth-order valence-corrected chi connectivity index (χ4v) is 3.59. The van der Waals surface area contributed by atoms with Crippen LogP contribution in [0, 0.1) is 0 Å². The van der Waals surface area contributed by atoms with Gasteiger partial charge in [-0.2, -0.15) is 0 Å². The van der Waals surface area contributed by atoms with Gasteiger partial charge in [0.1, 0.15) is 5.01 Å². The minimum Gasteiger partial charge on any atom is -0.479 e. The highest BCUT2D eigenvalue weighted by molar-refractivity contribution is 7.13. The van der Waals surface area contributed by atoms with Crippen molar-refractivity contribution in [3.8, 4) is 10.6 Å². The van der Waals surface area contributed by atoms with E-state index in [1.165, 1.54) is 16.9 Å². The van der Waals surface area contributed by atoms with Gasteiger partial charge in [0, 0.05) is 24.0 Å². The molecular formula is C18H20N2O4S. The molecule has 132 valence electrons. The van der Waals surface area contributed by atoms with Crippen LogP contribution in [0.2, 0.25) is 0 Å². The van der Waals surface area contributed by atoms with Gasteiger partial charge in [-0.05, 0) is 12.0 Å². The number of ether oxygens (including phenoxy) is 1. The van der Waals surface area contributed by atoms with E-state index in [0.717, 1.165) is 17.0 Å². The third kappa shape index (κ3) is 3.88. The Hall–Kier alpha value is -2.25. The van der Waals surface area contributed by atoms with Gasteiger partial charge in [0.05, 0.1) is 18.7 Å². The minimum atomic E-state index is -1.31. The first-order valence-corrected chi connectivity index (χ1v) is 9.06. The zero-order valence-corrected chi connectivity index (χ0v) is 14.8. The molecule has 2 aromatic rings. The largest absolute Gasteiger partial charge is 0.479 e. The van der Waals surface area contributed by atoms with E-state index >= 15 is 0 Å². The SMILES string of the molecule is CCc1ccc(-c2nc(CC(=O)NC3(C(=O)O)CCOC3)cs2)cc1. The number of thiazole rings is 1. The Balaban J connectivity index is 1.66. The zero-order valence-electron chi connectivity index (χ0n) is 13.9. The average Bonchev–Trinajstić information content (AvgIpc) is 3.25. The second kappa shape index (κ2) is 7.33. The van der Waals surface area contributed by atoms with Crippen LogP contribution in [0.25, 0.3) is 10.6 Å². The molecule has 0 spiro atoms. The Bertz CT molecular complexity index is 764. The first kappa shape index (κ1) is 17.6. The van der Waals surface area contributed by atoms with Crippen molar-refractivity contribution in [3.63, 3.8) is 0 Å². The quantitative estimate of drug-likeness (QED) is 0.825. The van der Waals surface area contributed by atoms with Crippen molar-refractivity contribution in [3.05, 3.63) is 40.9 Å². The molecule has 0 bridgehead atoms. The summed E-state index contributed by atoms with van der Waals surface area (Å²) >= 11 is 1.47. The molecule has 1 aromatic heterocycles. The van der Waals surface area contributed by atoms with Crippen molar-refractivity contribution < 1.29 is 19.4 Å². The van der Waals surface area contributed by atoms with E-state index in [4.69, 9.17) is 4.74 Å². The number of amides is 1. The molecule has 1 saturated heterocycles. The minimum absolute atomic E-state index is 0.000165. The van der Waals surface area contributed by atoms with Crippen molar-refractivity contribution in [2.75, 3.05) is 13.2 Å². The summed E-state index contributed by atoms with van der Waals surface area (Å²) in [5.41, 5.74) is 1.60. The van der Waals surface area contributed by atoms with Gasteiger partial charge >= 0.3 is 5.97 Å². The van der Waals surface area contributed by atoms with Gasteiger partial charge in [-0.1, -0.05) is 31.2 Å². The Kier molecular flexibility index (Phi) is 5.15. The number of carbonyl (C=O) groups excluding carboxylic acids is 1. The first-order valence-electron chi connectivity index (χ1n) is 8.18. The Morgan fingerprint density at radius 3 is 2.72 bits per heavy atom. The van der Waals surface area contributed by atoms with Crippen LogP contribution >= 0.6 is 11.3 Å². The molecule has 0 aliphatic carbocycles. The summed E-state index contributed by atoms with van der Waals surface area (Å²) in [6, 6.07) is 8.19. The molecule has 2 N–H and O–H groups in total. The van der Waals surface area contributed by atoms with Crippen molar-refractivity contribution in [2.45, 2.75) is 31.7 Å². The number of carboxylic acids is 1. The molecule has 6 nitrogen and oxygen atoms in total. The smallest absolute Gasteiger partial charge is 0.331 e. The fourth-order valence-electron chi connectivity index (χ4n) is 2.77. The van der Waals surface area contributed by atoms with Crippen LogP contribution in [0.15, 0.2) is 29.6 Å². The number of benzene rings is 1. The average molecular weight is 360 g/mol. The lowest BCUT2D eigenvalue weighted by Crippen LogP contribution is -2.55. The fraction of sp³-hybridized carbons (Fsp3) is 0.389. The number of nitrogens with one attached hydrogen (secondary N) is 1. The van der Waals surface area contributed by atoms with E-state index in [1.807, 2.05) is 17.5 Å². The summed E-state index contributed by atoms with van der Waals surface area (Å²) < 4.78 is 5.14. The molecule has 0 radical (unpaired) electrons. The highest BCUT2D eigenvalue weighted by Gasteiger charge is 2.43.